The first kappa shape index (κ1) is 45.8. The lowest BCUT2D eigenvalue weighted by Crippen LogP contribution is -2.59. The second kappa shape index (κ2) is 20.0. The average Bonchev–Trinajstić information content (AvgIpc) is 3.79. The van der Waals surface area contributed by atoms with Crippen LogP contribution in [0, 0.1) is 34.9 Å². The SMILES string of the molecule is CC[C@H](C)[C@@H]([C@@H](CC(=O)N1CC2(CC2)C[C@H]1[C@H](OC)[C@@H](C)C(=O)NC(Cc1ccccc1F)C(=O)O)OC)N(C)C(=O)[C@@H](NC(=O)[C@@H](NC)C(C)C)C(C)C. The summed E-state index contributed by atoms with van der Waals surface area (Å²) in [5, 5.41) is 18.5. The minimum atomic E-state index is -1.37. The second-order valence-electron chi connectivity index (χ2n) is 16.5. The van der Waals surface area contributed by atoms with E-state index in [4.69, 9.17) is 9.47 Å². The molecule has 9 atom stereocenters. The molecule has 4 amide bonds. The molecule has 0 bridgehead atoms. The van der Waals surface area contributed by atoms with E-state index in [9.17, 15) is 33.5 Å². The Balaban J connectivity index is 1.83. The van der Waals surface area contributed by atoms with Crippen molar-refractivity contribution in [2.75, 3.05) is 34.9 Å². The van der Waals surface area contributed by atoms with E-state index in [2.05, 4.69) is 16.0 Å². The highest BCUT2D eigenvalue weighted by Crippen LogP contribution is 2.56. The Hall–Kier alpha value is -3.62. The number of halogens is 1. The Morgan fingerprint density at radius 3 is 2.07 bits per heavy atom. The van der Waals surface area contributed by atoms with Gasteiger partial charge in [0.1, 0.15) is 17.9 Å². The van der Waals surface area contributed by atoms with Gasteiger partial charge in [-0.25, -0.2) is 9.18 Å². The molecule has 4 N–H and O–H groups in total. The number of likely N-dealkylation sites (tertiary alicyclic amines) is 1. The number of rotatable bonds is 21. The molecular formula is C41H66FN5O8. The first-order valence-corrected chi connectivity index (χ1v) is 19.7. The summed E-state index contributed by atoms with van der Waals surface area (Å²) >= 11 is 0. The Labute approximate surface area is 326 Å². The third-order valence-corrected chi connectivity index (χ3v) is 12.0. The summed E-state index contributed by atoms with van der Waals surface area (Å²) in [6.45, 7) is 13.8. The number of ether oxygens (including phenoxy) is 2. The molecule has 2 aliphatic rings. The van der Waals surface area contributed by atoms with Gasteiger partial charge in [0.2, 0.25) is 23.6 Å². The number of carbonyl (C=O) groups is 5. The van der Waals surface area contributed by atoms with Crippen molar-refractivity contribution in [3.63, 3.8) is 0 Å². The van der Waals surface area contributed by atoms with Crippen LogP contribution in [0.1, 0.15) is 86.1 Å². The lowest BCUT2D eigenvalue weighted by atomic mass is 9.89. The number of carboxylic acids is 1. The molecule has 1 saturated heterocycles. The van der Waals surface area contributed by atoms with Gasteiger partial charge in [0, 0.05) is 34.2 Å². The number of nitrogens with one attached hydrogen (secondary N) is 3. The number of benzene rings is 1. The summed E-state index contributed by atoms with van der Waals surface area (Å²) in [5.74, 6) is -4.28. The van der Waals surface area contributed by atoms with Crippen LogP contribution in [0.4, 0.5) is 4.39 Å². The number of nitrogens with zero attached hydrogens (tertiary/aromatic N) is 2. The van der Waals surface area contributed by atoms with Gasteiger partial charge < -0.3 is 40.3 Å². The van der Waals surface area contributed by atoms with Gasteiger partial charge >= 0.3 is 5.97 Å². The third-order valence-electron chi connectivity index (χ3n) is 12.0. The fourth-order valence-electron chi connectivity index (χ4n) is 8.20. The van der Waals surface area contributed by atoms with Crippen LogP contribution in [0.3, 0.4) is 0 Å². The first-order valence-electron chi connectivity index (χ1n) is 19.7. The van der Waals surface area contributed by atoms with E-state index in [1.165, 1.54) is 32.4 Å². The van der Waals surface area contributed by atoms with E-state index in [1.54, 1.807) is 36.9 Å². The molecule has 0 aromatic heterocycles. The van der Waals surface area contributed by atoms with Gasteiger partial charge in [0.15, 0.2) is 0 Å². The molecule has 2 fully saturated rings. The van der Waals surface area contributed by atoms with Crippen LogP contribution in [0.5, 0.6) is 0 Å². The molecule has 13 nitrogen and oxygen atoms in total. The van der Waals surface area contributed by atoms with Gasteiger partial charge in [-0.05, 0) is 61.1 Å². The minimum absolute atomic E-state index is 0.00824. The van der Waals surface area contributed by atoms with Crippen LogP contribution in [-0.4, -0.2) is 122 Å². The second-order valence-corrected chi connectivity index (χ2v) is 16.5. The normalized spacial score (nSPS) is 20.6. The van der Waals surface area contributed by atoms with Crippen LogP contribution in [0.2, 0.25) is 0 Å². The Morgan fingerprint density at radius 1 is 0.964 bits per heavy atom. The Bertz CT molecular complexity index is 1490. The predicted octanol–water partition coefficient (Wildman–Crippen LogP) is 3.63. The number of carbonyl (C=O) groups excluding carboxylic acids is 4. The summed E-state index contributed by atoms with van der Waals surface area (Å²) in [6, 6.07) is 2.21. The Morgan fingerprint density at radius 2 is 1.58 bits per heavy atom. The number of hydrogen-bond donors (Lipinski definition) is 4. The number of likely N-dealkylation sites (N-methyl/N-ethyl adjacent to an activating group) is 2. The highest BCUT2D eigenvalue weighted by Gasteiger charge is 2.56. The topological polar surface area (TPSA) is 167 Å². The van der Waals surface area contributed by atoms with Crippen molar-refractivity contribution in [2.45, 2.75) is 129 Å². The molecule has 0 radical (unpaired) electrons. The predicted molar refractivity (Wildman–Crippen MR) is 207 cm³/mol. The lowest BCUT2D eigenvalue weighted by Gasteiger charge is -2.41. The molecule has 310 valence electrons. The monoisotopic (exact) mass is 775 g/mol. The highest BCUT2D eigenvalue weighted by atomic mass is 19.1. The van der Waals surface area contributed by atoms with E-state index in [0.29, 0.717) is 19.4 Å². The lowest BCUT2D eigenvalue weighted by molar-refractivity contribution is -0.148. The molecule has 3 rings (SSSR count). The number of hydrogen-bond acceptors (Lipinski definition) is 8. The number of methoxy groups -OCH3 is 2. The molecule has 1 aliphatic heterocycles. The number of amides is 4. The van der Waals surface area contributed by atoms with Gasteiger partial charge in [-0.1, -0.05) is 73.1 Å². The zero-order chi connectivity index (χ0) is 41.4. The van der Waals surface area contributed by atoms with Crippen molar-refractivity contribution < 1.29 is 42.9 Å². The molecule has 1 spiro atoms. The highest BCUT2D eigenvalue weighted by molar-refractivity contribution is 5.90. The van der Waals surface area contributed by atoms with Gasteiger partial charge in [-0.15, -0.1) is 0 Å². The quantitative estimate of drug-likeness (QED) is 0.146. The van der Waals surface area contributed by atoms with E-state index in [1.807, 2.05) is 41.5 Å². The fourth-order valence-corrected chi connectivity index (χ4v) is 8.20. The molecule has 1 heterocycles. The zero-order valence-electron chi connectivity index (χ0n) is 34.7. The van der Waals surface area contributed by atoms with Crippen LogP contribution >= 0.6 is 0 Å². The molecule has 14 heteroatoms. The number of aliphatic carboxylic acids is 1. The van der Waals surface area contributed by atoms with Crippen molar-refractivity contribution in [1.82, 2.24) is 25.8 Å². The maximum Gasteiger partial charge on any atom is 0.326 e. The first-order chi connectivity index (χ1) is 25.9. The number of carboxylic acid groups (broad SMARTS) is 1. The average molecular weight is 776 g/mol. The molecule has 55 heavy (non-hydrogen) atoms. The van der Waals surface area contributed by atoms with E-state index in [0.717, 1.165) is 12.8 Å². The van der Waals surface area contributed by atoms with Gasteiger partial charge in [0.05, 0.1) is 42.7 Å². The van der Waals surface area contributed by atoms with Crippen molar-refractivity contribution in [3.8, 4) is 0 Å². The van der Waals surface area contributed by atoms with Crippen molar-refractivity contribution in [2.24, 2.45) is 29.1 Å². The summed E-state index contributed by atoms with van der Waals surface area (Å²) in [6.07, 6.45) is 1.47. The van der Waals surface area contributed by atoms with E-state index < -0.39 is 66.0 Å². The van der Waals surface area contributed by atoms with Crippen LogP contribution in [0.15, 0.2) is 24.3 Å². The van der Waals surface area contributed by atoms with Gasteiger partial charge in [-0.2, -0.15) is 0 Å². The Kier molecular flexibility index (Phi) is 16.6. The molecule has 1 aromatic rings. The summed E-state index contributed by atoms with van der Waals surface area (Å²) in [4.78, 5) is 71.0. The fraction of sp³-hybridized carbons (Fsp3) is 0.732. The van der Waals surface area contributed by atoms with Crippen LogP contribution in [-0.2, 0) is 39.9 Å². The summed E-state index contributed by atoms with van der Waals surface area (Å²) in [5.41, 5.74) is 0.0833. The summed E-state index contributed by atoms with van der Waals surface area (Å²) < 4.78 is 26.3. The maximum absolute atomic E-state index is 14.4. The van der Waals surface area contributed by atoms with Gasteiger partial charge in [0.25, 0.3) is 0 Å². The van der Waals surface area contributed by atoms with Crippen LogP contribution in [0.25, 0.3) is 0 Å². The standard InChI is InChI=1S/C41H66FN5O8/c1-12-25(6)35(46(9)39(51)34(24(4)5)45-38(50)33(43-8)23(2)3)31(54-10)20-32(48)47-22-41(17-18-41)21-30(47)36(55-11)26(7)37(49)44-29(40(52)53)19-27-15-13-14-16-28(27)42/h13-16,23-26,29-31,33-36,43H,12,17-22H2,1-11H3,(H,44,49)(H,45,50)(H,52,53)/t25-,26+,29?,30-,31+,33-,34-,35-,36+/m0/s1. The summed E-state index contributed by atoms with van der Waals surface area (Å²) in [7, 11) is 6.42. The minimum Gasteiger partial charge on any atom is -0.480 e. The van der Waals surface area contributed by atoms with Crippen molar-refractivity contribution in [3.05, 3.63) is 35.6 Å². The van der Waals surface area contributed by atoms with Crippen LogP contribution < -0.4 is 16.0 Å². The van der Waals surface area contributed by atoms with E-state index >= 15 is 0 Å². The molecular weight excluding hydrogens is 709 g/mol. The smallest absolute Gasteiger partial charge is 0.326 e. The third kappa shape index (κ3) is 11.3. The molecule has 1 saturated carbocycles. The molecule has 1 aliphatic carbocycles. The molecule has 1 aromatic carbocycles. The maximum atomic E-state index is 14.4. The van der Waals surface area contributed by atoms with E-state index in [-0.39, 0.29) is 59.3 Å². The van der Waals surface area contributed by atoms with Crippen molar-refractivity contribution >= 4 is 29.6 Å². The largest absolute Gasteiger partial charge is 0.480 e. The van der Waals surface area contributed by atoms with Crippen molar-refractivity contribution in [1.29, 1.82) is 0 Å². The van der Waals surface area contributed by atoms with Gasteiger partial charge in [-0.3, -0.25) is 19.2 Å². The zero-order valence-corrected chi connectivity index (χ0v) is 34.7. The molecule has 1 unspecified atom stereocenters.